The lowest BCUT2D eigenvalue weighted by Gasteiger charge is -2.41. The molecule has 2 aromatic rings. The number of nitrogens with zero attached hydrogens (tertiary/aromatic N) is 3. The highest BCUT2D eigenvalue weighted by Gasteiger charge is 2.29. The van der Waals surface area contributed by atoms with Gasteiger partial charge in [-0.15, -0.1) is 12.4 Å². The average Bonchev–Trinajstić information content (AvgIpc) is 3.23. The summed E-state index contributed by atoms with van der Waals surface area (Å²) in [6, 6.07) is 6.61. The monoisotopic (exact) mass is 377 g/mol. The van der Waals surface area contributed by atoms with Crippen molar-refractivity contribution < 1.29 is 14.0 Å². The van der Waals surface area contributed by atoms with E-state index in [2.05, 4.69) is 15.0 Å². The Balaban J connectivity index is 0.00000168. The van der Waals surface area contributed by atoms with Crippen LogP contribution in [0.3, 0.4) is 0 Å². The van der Waals surface area contributed by atoms with Gasteiger partial charge in [0.1, 0.15) is 0 Å². The van der Waals surface area contributed by atoms with E-state index in [-0.39, 0.29) is 19.2 Å². The maximum Gasteiger partial charge on any atom is 0.231 e. The van der Waals surface area contributed by atoms with Gasteiger partial charge in [-0.2, -0.15) is 4.98 Å². The smallest absolute Gasteiger partial charge is 0.231 e. The molecule has 140 valence electrons. The van der Waals surface area contributed by atoms with Crippen LogP contribution in [0.4, 0.5) is 0 Å². The third kappa shape index (κ3) is 3.40. The van der Waals surface area contributed by atoms with Crippen molar-refractivity contribution in [2.24, 2.45) is 5.92 Å². The first-order valence-corrected chi connectivity index (χ1v) is 9.32. The lowest BCUT2D eigenvalue weighted by molar-refractivity contribution is 0.0828. The summed E-state index contributed by atoms with van der Waals surface area (Å²) in [6.45, 7) is 2.72. The zero-order chi connectivity index (χ0) is 16.6. The molecule has 3 aliphatic rings. The molecule has 1 aliphatic carbocycles. The van der Waals surface area contributed by atoms with Crippen LogP contribution in [0.1, 0.15) is 38.0 Å². The summed E-state index contributed by atoms with van der Waals surface area (Å²) in [5.41, 5.74) is 0.902. The van der Waals surface area contributed by atoms with E-state index in [1.165, 1.54) is 45.2 Å². The van der Waals surface area contributed by atoms with E-state index in [1.807, 2.05) is 18.2 Å². The van der Waals surface area contributed by atoms with Gasteiger partial charge in [-0.05, 0) is 62.9 Å². The van der Waals surface area contributed by atoms with E-state index in [9.17, 15) is 0 Å². The zero-order valence-electron chi connectivity index (χ0n) is 14.7. The average molecular weight is 378 g/mol. The molecule has 26 heavy (non-hydrogen) atoms. The van der Waals surface area contributed by atoms with E-state index < -0.39 is 0 Å². The van der Waals surface area contributed by atoms with Gasteiger partial charge < -0.3 is 18.9 Å². The number of rotatable bonds is 4. The Morgan fingerprint density at radius 3 is 2.62 bits per heavy atom. The predicted molar refractivity (Wildman–Crippen MR) is 98.7 cm³/mol. The van der Waals surface area contributed by atoms with Gasteiger partial charge >= 0.3 is 0 Å². The van der Waals surface area contributed by atoms with Crippen LogP contribution in [-0.4, -0.2) is 41.0 Å². The highest BCUT2D eigenvalue weighted by atomic mass is 35.5. The van der Waals surface area contributed by atoms with Crippen molar-refractivity contribution in [2.45, 2.75) is 44.6 Å². The molecule has 1 aromatic carbocycles. The van der Waals surface area contributed by atoms with Gasteiger partial charge in [-0.1, -0.05) is 11.6 Å². The number of fused-ring (bicyclic) bond motifs is 1. The SMILES string of the molecule is Cl.c1cc2c(cc1-c1noc(CC3CCN(C4CCC4)CC3)n1)OCO2. The molecule has 2 aliphatic heterocycles. The third-order valence-electron chi connectivity index (χ3n) is 5.80. The van der Waals surface area contributed by atoms with E-state index >= 15 is 0 Å². The number of piperidine rings is 1. The number of ether oxygens (including phenoxy) is 2. The van der Waals surface area contributed by atoms with E-state index in [0.29, 0.717) is 11.7 Å². The molecule has 6 nitrogen and oxygen atoms in total. The summed E-state index contributed by atoms with van der Waals surface area (Å²) < 4.78 is 16.3. The first-order valence-electron chi connectivity index (χ1n) is 9.32. The van der Waals surface area contributed by atoms with Crippen molar-refractivity contribution in [1.82, 2.24) is 15.0 Å². The number of halogens is 1. The van der Waals surface area contributed by atoms with Crippen LogP contribution in [0, 0.1) is 5.92 Å². The second kappa shape index (κ2) is 7.45. The van der Waals surface area contributed by atoms with Gasteiger partial charge in [0.05, 0.1) is 0 Å². The Morgan fingerprint density at radius 1 is 1.04 bits per heavy atom. The number of likely N-dealkylation sites (tertiary alicyclic amines) is 1. The van der Waals surface area contributed by atoms with Crippen LogP contribution in [0.15, 0.2) is 22.7 Å². The molecule has 0 bridgehead atoms. The van der Waals surface area contributed by atoms with Crippen molar-refractivity contribution in [3.05, 3.63) is 24.1 Å². The molecule has 0 N–H and O–H groups in total. The normalized spacial score (nSPS) is 20.6. The standard InChI is InChI=1S/C19H23N3O3.ClH/c1-2-15(3-1)22-8-6-13(7-9-22)10-18-20-19(21-25-18)14-4-5-16-17(11-14)24-12-23-16;/h4-5,11,13,15H,1-3,6-10,12H2;1H. The number of hydrogen-bond donors (Lipinski definition) is 0. The molecular weight excluding hydrogens is 354 g/mol. The molecule has 0 unspecified atom stereocenters. The molecule has 3 heterocycles. The summed E-state index contributed by atoms with van der Waals surface area (Å²) in [7, 11) is 0. The fourth-order valence-corrected chi connectivity index (χ4v) is 4.01. The minimum absolute atomic E-state index is 0. The van der Waals surface area contributed by atoms with Crippen LogP contribution >= 0.6 is 12.4 Å². The maximum absolute atomic E-state index is 5.50. The summed E-state index contributed by atoms with van der Waals surface area (Å²) in [4.78, 5) is 7.27. The van der Waals surface area contributed by atoms with Crippen molar-refractivity contribution in [3.8, 4) is 22.9 Å². The van der Waals surface area contributed by atoms with E-state index in [1.54, 1.807) is 0 Å². The minimum atomic E-state index is 0. The van der Waals surface area contributed by atoms with Crippen LogP contribution < -0.4 is 9.47 Å². The molecular formula is C19H24ClN3O3. The van der Waals surface area contributed by atoms with Crippen LogP contribution in [0.5, 0.6) is 11.5 Å². The molecule has 0 atom stereocenters. The highest BCUT2D eigenvalue weighted by molar-refractivity contribution is 5.85. The topological polar surface area (TPSA) is 60.6 Å². The second-order valence-corrected chi connectivity index (χ2v) is 7.35. The molecule has 1 saturated heterocycles. The van der Waals surface area contributed by atoms with Crippen LogP contribution in [0.2, 0.25) is 0 Å². The zero-order valence-corrected chi connectivity index (χ0v) is 15.5. The Hall–Kier alpha value is -1.79. The van der Waals surface area contributed by atoms with Crippen molar-refractivity contribution in [3.63, 3.8) is 0 Å². The Labute approximate surface area is 159 Å². The van der Waals surface area contributed by atoms with Crippen molar-refractivity contribution in [2.75, 3.05) is 19.9 Å². The van der Waals surface area contributed by atoms with Gasteiger partial charge in [0, 0.05) is 18.0 Å². The largest absolute Gasteiger partial charge is 0.454 e. The van der Waals surface area contributed by atoms with Crippen molar-refractivity contribution >= 4 is 12.4 Å². The highest BCUT2D eigenvalue weighted by Crippen LogP contribution is 2.35. The Bertz CT molecular complexity index is 754. The van der Waals surface area contributed by atoms with Gasteiger partial charge in [-0.3, -0.25) is 0 Å². The molecule has 0 amide bonds. The van der Waals surface area contributed by atoms with Crippen LogP contribution in [0.25, 0.3) is 11.4 Å². The van der Waals surface area contributed by atoms with Gasteiger partial charge in [-0.25, -0.2) is 0 Å². The fraction of sp³-hybridized carbons (Fsp3) is 0.579. The van der Waals surface area contributed by atoms with E-state index in [4.69, 9.17) is 14.0 Å². The third-order valence-corrected chi connectivity index (χ3v) is 5.80. The minimum Gasteiger partial charge on any atom is -0.454 e. The molecule has 1 saturated carbocycles. The summed E-state index contributed by atoms with van der Waals surface area (Å²) >= 11 is 0. The molecule has 7 heteroatoms. The van der Waals surface area contributed by atoms with Gasteiger partial charge in [0.25, 0.3) is 0 Å². The lowest BCUT2D eigenvalue weighted by atomic mass is 9.87. The number of aromatic nitrogens is 2. The van der Waals surface area contributed by atoms with E-state index in [0.717, 1.165) is 35.4 Å². The molecule has 2 fully saturated rings. The molecule has 0 spiro atoms. The first-order chi connectivity index (χ1) is 12.3. The summed E-state index contributed by atoms with van der Waals surface area (Å²) in [5, 5.41) is 4.15. The molecule has 5 rings (SSSR count). The number of benzene rings is 1. The summed E-state index contributed by atoms with van der Waals surface area (Å²) in [5.74, 6) is 3.54. The first kappa shape index (κ1) is 17.6. The maximum atomic E-state index is 5.50. The quantitative estimate of drug-likeness (QED) is 0.809. The number of hydrogen-bond acceptors (Lipinski definition) is 6. The summed E-state index contributed by atoms with van der Waals surface area (Å²) in [6.07, 6.45) is 7.56. The predicted octanol–water partition coefficient (Wildman–Crippen LogP) is 3.69. The lowest BCUT2D eigenvalue weighted by Crippen LogP contribution is -2.45. The Morgan fingerprint density at radius 2 is 1.85 bits per heavy atom. The Kier molecular flexibility index (Phi) is 5.05. The van der Waals surface area contributed by atoms with Gasteiger partial charge in [0.2, 0.25) is 18.5 Å². The van der Waals surface area contributed by atoms with Crippen LogP contribution in [-0.2, 0) is 6.42 Å². The fourth-order valence-electron chi connectivity index (χ4n) is 4.01. The van der Waals surface area contributed by atoms with Crippen molar-refractivity contribution in [1.29, 1.82) is 0 Å². The molecule has 0 radical (unpaired) electrons. The second-order valence-electron chi connectivity index (χ2n) is 7.35. The molecule has 1 aromatic heterocycles. The van der Waals surface area contributed by atoms with Gasteiger partial charge in [0.15, 0.2) is 11.5 Å².